The Balaban J connectivity index is 1.90. The van der Waals surface area contributed by atoms with Crippen molar-refractivity contribution < 1.29 is 18.7 Å². The van der Waals surface area contributed by atoms with Crippen LogP contribution in [0.5, 0.6) is 0 Å². The molecule has 0 saturated heterocycles. The summed E-state index contributed by atoms with van der Waals surface area (Å²) < 4.78 is 26.1. The summed E-state index contributed by atoms with van der Waals surface area (Å²) in [5.74, 6) is -3.18. The molecule has 1 saturated carbocycles. The highest BCUT2D eigenvalue weighted by Crippen LogP contribution is 2.33. The molecule has 5 heteroatoms. The van der Waals surface area contributed by atoms with E-state index < -0.39 is 17.9 Å². The minimum absolute atomic E-state index is 0.0333. The van der Waals surface area contributed by atoms with E-state index in [1.165, 1.54) is 12.1 Å². The molecule has 1 aliphatic carbocycles. The van der Waals surface area contributed by atoms with Crippen LogP contribution < -0.4 is 5.32 Å². The number of benzene rings is 1. The summed E-state index contributed by atoms with van der Waals surface area (Å²) in [6, 6.07) is 5.42. The van der Waals surface area contributed by atoms with E-state index in [4.69, 9.17) is 5.11 Å². The highest BCUT2D eigenvalue weighted by molar-refractivity contribution is 5.73. The van der Waals surface area contributed by atoms with Crippen molar-refractivity contribution >= 4 is 5.97 Å². The normalized spacial score (nSPS) is 16.9. The van der Waals surface area contributed by atoms with Crippen molar-refractivity contribution in [2.45, 2.75) is 44.7 Å². The van der Waals surface area contributed by atoms with E-state index >= 15 is 0 Å². The van der Waals surface area contributed by atoms with Gasteiger partial charge in [0, 0.05) is 19.0 Å². The second-order valence-electron chi connectivity index (χ2n) is 5.54. The first kappa shape index (κ1) is 14.9. The third kappa shape index (κ3) is 4.27. The van der Waals surface area contributed by atoms with Crippen LogP contribution in [0.15, 0.2) is 24.3 Å². The van der Waals surface area contributed by atoms with Crippen molar-refractivity contribution in [3.05, 3.63) is 35.4 Å². The Kier molecular flexibility index (Phi) is 4.38. The average molecular weight is 283 g/mol. The number of carboxylic acids is 1. The highest BCUT2D eigenvalue weighted by Gasteiger charge is 2.29. The summed E-state index contributed by atoms with van der Waals surface area (Å²) >= 11 is 0. The van der Waals surface area contributed by atoms with E-state index in [1.54, 1.807) is 12.1 Å². The molecule has 1 aliphatic rings. The lowest BCUT2D eigenvalue weighted by Crippen LogP contribution is -2.36. The molecule has 1 atom stereocenters. The Labute approximate surface area is 117 Å². The maximum absolute atomic E-state index is 13.1. The maximum atomic E-state index is 13.1. The molecule has 2 rings (SSSR count). The number of halogens is 2. The van der Waals surface area contributed by atoms with E-state index in [-0.39, 0.29) is 5.56 Å². The molecule has 0 radical (unpaired) electrons. The average Bonchev–Trinajstić information content (AvgIpc) is 3.17. The zero-order valence-electron chi connectivity index (χ0n) is 11.4. The van der Waals surface area contributed by atoms with Gasteiger partial charge in [-0.2, -0.15) is 0 Å². The molecule has 110 valence electrons. The van der Waals surface area contributed by atoms with Crippen molar-refractivity contribution in [2.24, 2.45) is 5.92 Å². The number of aliphatic carboxylic acids is 1. The third-order valence-corrected chi connectivity index (χ3v) is 3.58. The van der Waals surface area contributed by atoms with Crippen molar-refractivity contribution in [3.63, 3.8) is 0 Å². The molecular formula is C15H19F2NO2. The first-order chi connectivity index (χ1) is 9.36. The monoisotopic (exact) mass is 283 g/mol. The van der Waals surface area contributed by atoms with Gasteiger partial charge in [0.25, 0.3) is 5.92 Å². The molecule has 0 spiro atoms. The summed E-state index contributed by atoms with van der Waals surface area (Å²) in [7, 11) is 0. The molecule has 0 heterocycles. The zero-order chi connectivity index (χ0) is 14.8. The van der Waals surface area contributed by atoms with Crippen LogP contribution in [0.3, 0.4) is 0 Å². The standard InChI is InChI=1S/C15H19F2NO2/c1-15(16,17)12-6-4-11(5-7-12)9-18-13(14(19)20)8-10-2-3-10/h4-7,10,13,18H,2-3,8-9H2,1H3,(H,19,20). The van der Waals surface area contributed by atoms with Crippen LogP contribution in [-0.2, 0) is 17.3 Å². The fraction of sp³-hybridized carbons (Fsp3) is 0.533. The minimum Gasteiger partial charge on any atom is -0.480 e. The van der Waals surface area contributed by atoms with Gasteiger partial charge in [0.15, 0.2) is 0 Å². The minimum atomic E-state index is -2.85. The van der Waals surface area contributed by atoms with Gasteiger partial charge in [-0.1, -0.05) is 37.1 Å². The van der Waals surface area contributed by atoms with Crippen LogP contribution >= 0.6 is 0 Å². The lowest BCUT2D eigenvalue weighted by molar-refractivity contribution is -0.139. The summed E-state index contributed by atoms with van der Waals surface area (Å²) in [4.78, 5) is 11.1. The molecule has 1 unspecified atom stereocenters. The molecule has 0 amide bonds. The Hall–Kier alpha value is -1.49. The van der Waals surface area contributed by atoms with Gasteiger partial charge in [0.2, 0.25) is 0 Å². The van der Waals surface area contributed by atoms with Gasteiger partial charge in [0.1, 0.15) is 6.04 Å². The first-order valence-corrected chi connectivity index (χ1v) is 6.79. The molecular weight excluding hydrogens is 264 g/mol. The van der Waals surface area contributed by atoms with Gasteiger partial charge in [-0.25, -0.2) is 8.78 Å². The summed E-state index contributed by atoms with van der Waals surface area (Å²) in [5.41, 5.74) is 0.772. The van der Waals surface area contributed by atoms with E-state index in [1.807, 2.05) is 0 Å². The van der Waals surface area contributed by atoms with Crippen LogP contribution in [-0.4, -0.2) is 17.1 Å². The van der Waals surface area contributed by atoms with E-state index in [9.17, 15) is 13.6 Å². The molecule has 2 N–H and O–H groups in total. The third-order valence-electron chi connectivity index (χ3n) is 3.58. The Morgan fingerprint density at radius 3 is 2.45 bits per heavy atom. The predicted octanol–water partition coefficient (Wildman–Crippen LogP) is 3.14. The SMILES string of the molecule is CC(F)(F)c1ccc(CNC(CC2CC2)C(=O)O)cc1. The van der Waals surface area contributed by atoms with Gasteiger partial charge in [0.05, 0.1) is 0 Å². The molecule has 1 aromatic rings. The van der Waals surface area contributed by atoms with E-state index in [0.29, 0.717) is 18.9 Å². The summed E-state index contributed by atoms with van der Waals surface area (Å²) in [6.45, 7) is 1.23. The highest BCUT2D eigenvalue weighted by atomic mass is 19.3. The molecule has 20 heavy (non-hydrogen) atoms. The van der Waals surface area contributed by atoms with Crippen LogP contribution in [0, 0.1) is 5.92 Å². The quantitative estimate of drug-likeness (QED) is 0.808. The molecule has 1 aromatic carbocycles. The smallest absolute Gasteiger partial charge is 0.320 e. The van der Waals surface area contributed by atoms with Crippen LogP contribution in [0.2, 0.25) is 0 Å². The first-order valence-electron chi connectivity index (χ1n) is 6.79. The van der Waals surface area contributed by atoms with Gasteiger partial charge < -0.3 is 10.4 Å². The molecule has 3 nitrogen and oxygen atoms in total. The molecule has 0 aliphatic heterocycles. The number of carboxylic acid groups (broad SMARTS) is 1. The Morgan fingerprint density at radius 1 is 1.40 bits per heavy atom. The lowest BCUT2D eigenvalue weighted by atomic mass is 10.1. The number of rotatable bonds is 7. The second-order valence-corrected chi connectivity index (χ2v) is 5.54. The van der Waals surface area contributed by atoms with E-state index in [0.717, 1.165) is 25.3 Å². The van der Waals surface area contributed by atoms with Crippen LogP contribution in [0.1, 0.15) is 37.3 Å². The van der Waals surface area contributed by atoms with Crippen molar-refractivity contribution in [3.8, 4) is 0 Å². The molecule has 1 fully saturated rings. The maximum Gasteiger partial charge on any atom is 0.320 e. The Bertz CT molecular complexity index is 464. The second kappa shape index (κ2) is 5.87. The largest absolute Gasteiger partial charge is 0.480 e. The fourth-order valence-corrected chi connectivity index (χ4v) is 2.11. The number of hydrogen-bond donors (Lipinski definition) is 2. The van der Waals surface area contributed by atoms with Gasteiger partial charge in [-0.05, 0) is 17.9 Å². The van der Waals surface area contributed by atoms with Crippen LogP contribution in [0.4, 0.5) is 8.78 Å². The summed E-state index contributed by atoms with van der Waals surface area (Å²) in [6.07, 6.45) is 2.85. The zero-order valence-corrected chi connectivity index (χ0v) is 11.4. The number of hydrogen-bond acceptors (Lipinski definition) is 2. The number of alkyl halides is 2. The fourth-order valence-electron chi connectivity index (χ4n) is 2.11. The van der Waals surface area contributed by atoms with Gasteiger partial charge in [-0.15, -0.1) is 0 Å². The van der Waals surface area contributed by atoms with Crippen molar-refractivity contribution in [1.29, 1.82) is 0 Å². The Morgan fingerprint density at radius 2 is 2.00 bits per heavy atom. The van der Waals surface area contributed by atoms with Gasteiger partial charge in [-0.3, -0.25) is 4.79 Å². The number of nitrogens with one attached hydrogen (secondary N) is 1. The molecule has 0 aromatic heterocycles. The van der Waals surface area contributed by atoms with Gasteiger partial charge >= 0.3 is 5.97 Å². The topological polar surface area (TPSA) is 49.3 Å². The molecule has 0 bridgehead atoms. The predicted molar refractivity (Wildman–Crippen MR) is 71.6 cm³/mol. The van der Waals surface area contributed by atoms with Crippen LogP contribution in [0.25, 0.3) is 0 Å². The van der Waals surface area contributed by atoms with Crippen molar-refractivity contribution in [1.82, 2.24) is 5.32 Å². The van der Waals surface area contributed by atoms with E-state index in [2.05, 4.69) is 5.32 Å². The number of carbonyl (C=O) groups is 1. The summed E-state index contributed by atoms with van der Waals surface area (Å²) in [5, 5.41) is 12.1. The lowest BCUT2D eigenvalue weighted by Gasteiger charge is -2.15. The van der Waals surface area contributed by atoms with Crippen molar-refractivity contribution in [2.75, 3.05) is 0 Å².